The first kappa shape index (κ1) is 18.5. The maximum absolute atomic E-state index is 13.4. The highest BCUT2D eigenvalue weighted by Crippen LogP contribution is 2.48. The van der Waals surface area contributed by atoms with Crippen molar-refractivity contribution < 1.29 is 18.0 Å². The van der Waals surface area contributed by atoms with Gasteiger partial charge in [0, 0.05) is 19.1 Å². The van der Waals surface area contributed by atoms with Gasteiger partial charge in [0.2, 0.25) is 10.0 Å². The van der Waals surface area contributed by atoms with E-state index >= 15 is 0 Å². The maximum atomic E-state index is 13.4. The molecule has 0 spiro atoms. The highest BCUT2D eigenvalue weighted by molar-refractivity contribution is 7.89. The molecule has 2 aliphatic heterocycles. The Kier molecular flexibility index (Phi) is 4.15. The molecule has 3 aliphatic rings. The second-order valence-corrected chi connectivity index (χ2v) is 10.2. The minimum Gasteiger partial charge on any atom is -0.273 e. The van der Waals surface area contributed by atoms with Crippen molar-refractivity contribution in [1.82, 2.24) is 9.21 Å². The molecule has 2 amide bonds. The van der Waals surface area contributed by atoms with Crippen LogP contribution in [0.25, 0.3) is 0 Å². The number of imide groups is 1. The van der Waals surface area contributed by atoms with Crippen molar-refractivity contribution in [1.29, 1.82) is 0 Å². The van der Waals surface area contributed by atoms with Crippen molar-refractivity contribution in [2.45, 2.75) is 30.7 Å². The Balaban J connectivity index is 1.45. The molecule has 1 saturated carbocycles. The Bertz CT molecular complexity index is 1070. The lowest BCUT2D eigenvalue weighted by molar-refractivity contribution is 0.0603. The third-order valence-corrected chi connectivity index (χ3v) is 8.30. The summed E-state index contributed by atoms with van der Waals surface area (Å²) >= 11 is 0. The molecule has 1 unspecified atom stereocenters. The summed E-state index contributed by atoms with van der Waals surface area (Å²) in [5.74, 6) is 0.195. The standard InChI is InChI=1S/C22H22N2O4S/c1-14-6-8-18(9-7-14)29(27,28)24-12-16-10-15(16)11-17(24)13-23-21(25)19-4-2-3-5-20(19)22(23)26/h2-9,15-17H,10-13H2,1H3/t15?,16-,17-/m0/s1. The van der Waals surface area contributed by atoms with E-state index in [1.807, 2.05) is 6.92 Å². The average molecular weight is 410 g/mol. The van der Waals surface area contributed by atoms with E-state index in [1.165, 1.54) is 9.21 Å². The molecular weight excluding hydrogens is 388 g/mol. The minimum absolute atomic E-state index is 0.0979. The Morgan fingerprint density at radius 1 is 0.897 bits per heavy atom. The molecule has 7 heteroatoms. The molecule has 1 aliphatic carbocycles. The van der Waals surface area contributed by atoms with E-state index in [0.717, 1.165) is 12.0 Å². The number of nitrogens with zero attached hydrogens (tertiary/aromatic N) is 2. The summed E-state index contributed by atoms with van der Waals surface area (Å²) in [7, 11) is -3.69. The zero-order chi connectivity index (χ0) is 20.3. The fourth-order valence-electron chi connectivity index (χ4n) is 4.59. The molecule has 2 heterocycles. The van der Waals surface area contributed by atoms with E-state index in [9.17, 15) is 18.0 Å². The van der Waals surface area contributed by atoms with E-state index in [-0.39, 0.29) is 23.3 Å². The van der Waals surface area contributed by atoms with Crippen molar-refractivity contribution in [3.63, 3.8) is 0 Å². The van der Waals surface area contributed by atoms with Crippen molar-refractivity contribution in [2.24, 2.45) is 11.8 Å². The van der Waals surface area contributed by atoms with E-state index in [0.29, 0.717) is 35.9 Å². The Labute approximate surface area is 170 Å². The van der Waals surface area contributed by atoms with Gasteiger partial charge in [0.05, 0.1) is 16.0 Å². The molecule has 6 nitrogen and oxygen atoms in total. The number of fused-ring (bicyclic) bond motifs is 2. The summed E-state index contributed by atoms with van der Waals surface area (Å²) in [5, 5.41) is 0. The second kappa shape index (κ2) is 6.50. The van der Waals surface area contributed by atoms with Gasteiger partial charge in [-0.2, -0.15) is 4.31 Å². The van der Waals surface area contributed by atoms with E-state index in [1.54, 1.807) is 48.5 Å². The summed E-state index contributed by atoms with van der Waals surface area (Å²) < 4.78 is 28.3. The number of rotatable bonds is 4. The van der Waals surface area contributed by atoms with E-state index in [4.69, 9.17) is 0 Å². The Morgan fingerprint density at radius 2 is 1.52 bits per heavy atom. The van der Waals surface area contributed by atoms with Gasteiger partial charge < -0.3 is 0 Å². The van der Waals surface area contributed by atoms with Crippen LogP contribution in [0.4, 0.5) is 0 Å². The van der Waals surface area contributed by atoms with E-state index in [2.05, 4.69) is 0 Å². The third kappa shape index (κ3) is 3.00. The summed E-state index contributed by atoms with van der Waals surface area (Å²) in [6.07, 6.45) is 1.70. The summed E-state index contributed by atoms with van der Waals surface area (Å²) in [6.45, 7) is 2.46. The average Bonchev–Trinajstić information content (AvgIpc) is 3.44. The molecule has 3 atom stereocenters. The lowest BCUT2D eigenvalue weighted by Gasteiger charge is -2.36. The molecule has 29 heavy (non-hydrogen) atoms. The Morgan fingerprint density at radius 3 is 2.14 bits per heavy atom. The topological polar surface area (TPSA) is 74.8 Å². The molecule has 2 aromatic carbocycles. The van der Waals surface area contributed by atoms with Gasteiger partial charge >= 0.3 is 0 Å². The fraction of sp³-hybridized carbons (Fsp3) is 0.364. The van der Waals surface area contributed by atoms with Crippen molar-refractivity contribution in [3.8, 4) is 0 Å². The monoisotopic (exact) mass is 410 g/mol. The predicted octanol–water partition coefficient (Wildman–Crippen LogP) is 2.69. The van der Waals surface area contributed by atoms with Gasteiger partial charge in [-0.15, -0.1) is 0 Å². The largest absolute Gasteiger partial charge is 0.273 e. The quantitative estimate of drug-likeness (QED) is 0.727. The third-order valence-electron chi connectivity index (χ3n) is 6.36. The number of sulfonamides is 1. The number of carbonyl (C=O) groups excluding carboxylic acids is 2. The molecule has 2 aromatic rings. The summed E-state index contributed by atoms with van der Waals surface area (Å²) in [6, 6.07) is 13.2. The molecule has 0 radical (unpaired) electrons. The molecule has 150 valence electrons. The Hall–Kier alpha value is -2.51. The van der Waals surface area contributed by atoms with Crippen LogP contribution in [-0.4, -0.2) is 48.6 Å². The van der Waals surface area contributed by atoms with Gasteiger partial charge in [0.1, 0.15) is 0 Å². The van der Waals surface area contributed by atoms with Crippen molar-refractivity contribution in [2.75, 3.05) is 13.1 Å². The van der Waals surface area contributed by atoms with Gasteiger partial charge in [-0.25, -0.2) is 8.42 Å². The number of aryl methyl sites for hydroxylation is 1. The lowest BCUT2D eigenvalue weighted by Crippen LogP contribution is -2.51. The maximum Gasteiger partial charge on any atom is 0.261 e. The molecular formula is C22H22N2O4S. The number of hydrogen-bond acceptors (Lipinski definition) is 4. The molecule has 1 saturated heterocycles. The van der Waals surface area contributed by atoms with Crippen LogP contribution in [0.1, 0.15) is 39.1 Å². The highest BCUT2D eigenvalue weighted by atomic mass is 32.2. The summed E-state index contributed by atoms with van der Waals surface area (Å²) in [4.78, 5) is 27.0. The van der Waals surface area contributed by atoms with Crippen LogP contribution in [0.3, 0.4) is 0 Å². The van der Waals surface area contributed by atoms with Crippen LogP contribution >= 0.6 is 0 Å². The normalized spacial score (nSPS) is 26.4. The van der Waals surface area contributed by atoms with Crippen molar-refractivity contribution >= 4 is 21.8 Å². The molecule has 5 rings (SSSR count). The number of piperidine rings is 1. The first-order chi connectivity index (χ1) is 13.9. The highest BCUT2D eigenvalue weighted by Gasteiger charge is 2.51. The van der Waals surface area contributed by atoms with Crippen LogP contribution in [0.15, 0.2) is 53.4 Å². The van der Waals surface area contributed by atoms with Gasteiger partial charge in [0.25, 0.3) is 11.8 Å². The molecule has 0 aromatic heterocycles. The van der Waals surface area contributed by atoms with Gasteiger partial charge in [-0.1, -0.05) is 29.8 Å². The zero-order valence-corrected chi connectivity index (χ0v) is 16.9. The first-order valence-corrected chi connectivity index (χ1v) is 11.3. The van der Waals surface area contributed by atoms with Crippen LogP contribution in [0.5, 0.6) is 0 Å². The second-order valence-electron chi connectivity index (χ2n) is 8.30. The molecule has 0 bridgehead atoms. The van der Waals surface area contributed by atoms with Crippen LogP contribution in [0.2, 0.25) is 0 Å². The van der Waals surface area contributed by atoms with Crippen LogP contribution in [0, 0.1) is 18.8 Å². The summed E-state index contributed by atoms with van der Waals surface area (Å²) in [5.41, 5.74) is 1.78. The molecule has 2 fully saturated rings. The minimum atomic E-state index is -3.69. The number of carbonyl (C=O) groups is 2. The number of hydrogen-bond donors (Lipinski definition) is 0. The van der Waals surface area contributed by atoms with Gasteiger partial charge in [-0.3, -0.25) is 14.5 Å². The smallest absolute Gasteiger partial charge is 0.261 e. The fourth-order valence-corrected chi connectivity index (χ4v) is 6.27. The van der Waals surface area contributed by atoms with Crippen LogP contribution in [-0.2, 0) is 10.0 Å². The number of amides is 2. The number of benzene rings is 2. The lowest BCUT2D eigenvalue weighted by atomic mass is 10.0. The van der Waals surface area contributed by atoms with Gasteiger partial charge in [-0.05, 0) is 55.9 Å². The van der Waals surface area contributed by atoms with E-state index < -0.39 is 16.1 Å². The molecule has 0 N–H and O–H groups in total. The first-order valence-electron chi connectivity index (χ1n) is 9.90. The SMILES string of the molecule is Cc1ccc(S(=O)(=O)N2C[C@@H]3CC3C[C@H]2CN2C(=O)c3ccccc3C2=O)cc1. The van der Waals surface area contributed by atoms with Gasteiger partial charge in [0.15, 0.2) is 0 Å². The van der Waals surface area contributed by atoms with Crippen molar-refractivity contribution in [3.05, 3.63) is 65.2 Å². The van der Waals surface area contributed by atoms with Crippen LogP contribution < -0.4 is 0 Å². The predicted molar refractivity (Wildman–Crippen MR) is 107 cm³/mol. The zero-order valence-electron chi connectivity index (χ0n) is 16.1.